The molecule has 1 heterocycles. The summed E-state index contributed by atoms with van der Waals surface area (Å²) in [5, 5.41) is 2.98. The number of nitrogens with one attached hydrogen (secondary N) is 3. The average Bonchev–Trinajstić information content (AvgIpc) is 2.72. The van der Waals surface area contributed by atoms with Crippen LogP contribution in [0.15, 0.2) is 42.6 Å². The van der Waals surface area contributed by atoms with Gasteiger partial charge in [-0.15, -0.1) is 0 Å². The van der Waals surface area contributed by atoms with Crippen molar-refractivity contribution in [3.05, 3.63) is 53.7 Å². The van der Waals surface area contributed by atoms with Crippen LogP contribution in [-0.2, 0) is 9.53 Å². The van der Waals surface area contributed by atoms with Gasteiger partial charge in [0.05, 0.1) is 6.04 Å². The number of carbonyl (C=O) groups is 2. The van der Waals surface area contributed by atoms with Crippen molar-refractivity contribution in [1.29, 1.82) is 0 Å². The van der Waals surface area contributed by atoms with Gasteiger partial charge in [-0.05, 0) is 50.8 Å². The van der Waals surface area contributed by atoms with Gasteiger partial charge in [0.25, 0.3) is 0 Å². The molecule has 0 aliphatic heterocycles. The number of hydrogen-bond acceptors (Lipinski definition) is 6. The lowest BCUT2D eigenvalue weighted by molar-refractivity contribution is -0.123. The molecule has 2 atom stereocenters. The monoisotopic (exact) mass is 440 g/mol. The van der Waals surface area contributed by atoms with Gasteiger partial charge in [-0.2, -0.15) is 0 Å². The van der Waals surface area contributed by atoms with Gasteiger partial charge in [0, 0.05) is 18.2 Å². The highest BCUT2D eigenvalue weighted by Gasteiger charge is 2.30. The van der Waals surface area contributed by atoms with Crippen molar-refractivity contribution in [2.24, 2.45) is 5.92 Å². The topological polar surface area (TPSA) is 102 Å². The van der Waals surface area contributed by atoms with Crippen LogP contribution in [0.2, 0.25) is 0 Å². The minimum absolute atomic E-state index is 0.122. The molecule has 0 fully saturated rings. The van der Waals surface area contributed by atoms with E-state index in [-0.39, 0.29) is 24.0 Å². The lowest BCUT2D eigenvalue weighted by Gasteiger charge is -2.32. The van der Waals surface area contributed by atoms with E-state index >= 15 is 0 Å². The largest absolute Gasteiger partial charge is 0.486 e. The molecule has 32 heavy (non-hydrogen) atoms. The minimum Gasteiger partial charge on any atom is -0.486 e. The standard InChI is InChI=1S/C24H32N4O4/c1-15(2)22(29)28-27-21-14-16(12-13-25-21)31-20-11-10-19(17-8-6-7-9-18(17)20)26-23(30)32-24(3,4)5/h6-9,12-15,19-20H,10-11H2,1-5H3,(H,25,27)(H,26,30)(H,28,29)/t19-,20+/m0/s1. The molecular weight excluding hydrogens is 408 g/mol. The number of aromatic nitrogens is 1. The first-order valence-corrected chi connectivity index (χ1v) is 10.9. The number of benzene rings is 1. The number of alkyl carbamates (subject to hydrolysis) is 1. The van der Waals surface area contributed by atoms with Crippen molar-refractivity contribution in [2.75, 3.05) is 5.43 Å². The predicted molar refractivity (Wildman–Crippen MR) is 122 cm³/mol. The van der Waals surface area contributed by atoms with Crippen molar-refractivity contribution in [1.82, 2.24) is 15.7 Å². The Bertz CT molecular complexity index is 955. The number of rotatable bonds is 6. The van der Waals surface area contributed by atoms with Gasteiger partial charge in [-0.3, -0.25) is 15.6 Å². The molecule has 2 aromatic rings. The molecule has 0 spiro atoms. The molecule has 8 heteroatoms. The second-order valence-electron chi connectivity index (χ2n) is 9.16. The molecule has 3 N–H and O–H groups in total. The molecule has 2 amide bonds. The van der Waals surface area contributed by atoms with Crippen LogP contribution in [-0.4, -0.2) is 22.6 Å². The van der Waals surface area contributed by atoms with Gasteiger partial charge in [-0.1, -0.05) is 38.1 Å². The van der Waals surface area contributed by atoms with Crippen LogP contribution in [0.5, 0.6) is 5.75 Å². The Balaban J connectivity index is 1.69. The summed E-state index contributed by atoms with van der Waals surface area (Å²) < 4.78 is 11.7. The van der Waals surface area contributed by atoms with E-state index in [1.54, 1.807) is 18.3 Å². The Labute approximate surface area is 189 Å². The minimum atomic E-state index is -0.550. The Morgan fingerprint density at radius 2 is 1.81 bits per heavy atom. The molecule has 1 aliphatic carbocycles. The Morgan fingerprint density at radius 1 is 1.09 bits per heavy atom. The molecule has 0 bridgehead atoms. The molecule has 8 nitrogen and oxygen atoms in total. The van der Waals surface area contributed by atoms with Crippen molar-refractivity contribution < 1.29 is 19.1 Å². The zero-order chi connectivity index (χ0) is 23.3. The lowest BCUT2D eigenvalue weighted by Crippen LogP contribution is -2.37. The predicted octanol–water partition coefficient (Wildman–Crippen LogP) is 4.66. The third kappa shape index (κ3) is 6.35. The highest BCUT2D eigenvalue weighted by molar-refractivity contribution is 5.79. The van der Waals surface area contributed by atoms with Crippen LogP contribution in [0.25, 0.3) is 0 Å². The quantitative estimate of drug-likeness (QED) is 0.565. The fourth-order valence-corrected chi connectivity index (χ4v) is 3.46. The first kappa shape index (κ1) is 23.4. The van der Waals surface area contributed by atoms with Crippen LogP contribution in [0, 0.1) is 5.92 Å². The summed E-state index contributed by atoms with van der Waals surface area (Å²) in [6, 6.07) is 11.3. The summed E-state index contributed by atoms with van der Waals surface area (Å²) in [7, 11) is 0. The maximum atomic E-state index is 12.3. The zero-order valence-corrected chi connectivity index (χ0v) is 19.3. The second kappa shape index (κ2) is 9.89. The third-order valence-corrected chi connectivity index (χ3v) is 4.97. The van der Waals surface area contributed by atoms with Crippen LogP contribution in [0.4, 0.5) is 10.6 Å². The van der Waals surface area contributed by atoms with Crippen LogP contribution >= 0.6 is 0 Å². The van der Waals surface area contributed by atoms with Gasteiger partial charge in [0.15, 0.2) is 0 Å². The Morgan fingerprint density at radius 3 is 2.50 bits per heavy atom. The SMILES string of the molecule is CC(C)C(=O)NNc1cc(O[C@@H]2CC[C@H](NC(=O)OC(C)(C)C)c3ccccc32)ccn1. The molecule has 1 aromatic carbocycles. The van der Waals surface area contributed by atoms with E-state index in [9.17, 15) is 9.59 Å². The highest BCUT2D eigenvalue weighted by atomic mass is 16.6. The number of pyridine rings is 1. The molecule has 3 rings (SSSR count). The summed E-state index contributed by atoms with van der Waals surface area (Å²) in [5.41, 5.74) is 6.94. The zero-order valence-electron chi connectivity index (χ0n) is 19.3. The summed E-state index contributed by atoms with van der Waals surface area (Å²) >= 11 is 0. The Hall–Kier alpha value is -3.29. The highest BCUT2D eigenvalue weighted by Crippen LogP contribution is 2.39. The number of hydrazine groups is 1. The maximum Gasteiger partial charge on any atom is 0.408 e. The number of nitrogens with zero attached hydrogens (tertiary/aromatic N) is 1. The normalized spacial score (nSPS) is 17.8. The van der Waals surface area contributed by atoms with Gasteiger partial charge in [0.2, 0.25) is 5.91 Å². The average molecular weight is 441 g/mol. The number of anilines is 1. The number of ether oxygens (including phenoxy) is 2. The molecule has 172 valence electrons. The first-order chi connectivity index (χ1) is 15.1. The van der Waals surface area contributed by atoms with E-state index in [2.05, 4.69) is 21.2 Å². The van der Waals surface area contributed by atoms with E-state index in [1.165, 1.54) is 0 Å². The van der Waals surface area contributed by atoms with E-state index < -0.39 is 11.7 Å². The number of amides is 2. The smallest absolute Gasteiger partial charge is 0.408 e. The van der Waals surface area contributed by atoms with Crippen LogP contribution < -0.4 is 20.9 Å². The summed E-state index contributed by atoms with van der Waals surface area (Å²) in [4.78, 5) is 28.3. The molecule has 1 aromatic heterocycles. The molecule has 0 saturated heterocycles. The number of hydrogen-bond donors (Lipinski definition) is 3. The molecule has 0 radical (unpaired) electrons. The lowest BCUT2D eigenvalue weighted by atomic mass is 9.85. The van der Waals surface area contributed by atoms with Gasteiger partial charge in [0.1, 0.15) is 23.3 Å². The van der Waals surface area contributed by atoms with Gasteiger partial charge >= 0.3 is 6.09 Å². The van der Waals surface area contributed by atoms with E-state index in [0.29, 0.717) is 11.6 Å². The van der Waals surface area contributed by atoms with Gasteiger partial charge < -0.3 is 14.8 Å². The molecule has 0 unspecified atom stereocenters. The third-order valence-electron chi connectivity index (χ3n) is 4.97. The van der Waals surface area contributed by atoms with E-state index in [1.807, 2.05) is 58.9 Å². The van der Waals surface area contributed by atoms with Crippen molar-refractivity contribution in [3.8, 4) is 5.75 Å². The number of carbonyl (C=O) groups excluding carboxylic acids is 2. The number of fused-ring (bicyclic) bond motifs is 1. The fourth-order valence-electron chi connectivity index (χ4n) is 3.46. The van der Waals surface area contributed by atoms with Crippen molar-refractivity contribution in [3.63, 3.8) is 0 Å². The fraction of sp³-hybridized carbons (Fsp3) is 0.458. The maximum absolute atomic E-state index is 12.3. The summed E-state index contributed by atoms with van der Waals surface area (Å²) in [6.45, 7) is 9.16. The summed E-state index contributed by atoms with van der Waals surface area (Å²) in [6.07, 6.45) is 2.49. The Kier molecular flexibility index (Phi) is 7.22. The summed E-state index contributed by atoms with van der Waals surface area (Å²) in [5.74, 6) is 0.871. The van der Waals surface area contributed by atoms with E-state index in [0.717, 1.165) is 24.0 Å². The first-order valence-electron chi connectivity index (χ1n) is 10.9. The van der Waals surface area contributed by atoms with Crippen molar-refractivity contribution >= 4 is 17.8 Å². The van der Waals surface area contributed by atoms with Crippen LogP contribution in [0.3, 0.4) is 0 Å². The molecule has 1 aliphatic rings. The second-order valence-corrected chi connectivity index (χ2v) is 9.16. The van der Waals surface area contributed by atoms with Crippen molar-refractivity contribution in [2.45, 2.75) is 65.2 Å². The molecular formula is C24H32N4O4. The molecule has 0 saturated carbocycles. The van der Waals surface area contributed by atoms with Gasteiger partial charge in [-0.25, -0.2) is 9.78 Å². The van der Waals surface area contributed by atoms with E-state index in [4.69, 9.17) is 9.47 Å². The van der Waals surface area contributed by atoms with Crippen LogP contribution in [0.1, 0.15) is 70.7 Å².